The zero-order chi connectivity index (χ0) is 25.1. The molecular weight excluding hydrogens is 452 g/mol. The van der Waals surface area contributed by atoms with Crippen molar-refractivity contribution < 1.29 is 14.2 Å². The maximum atomic E-state index is 6.41. The van der Waals surface area contributed by atoms with Gasteiger partial charge in [0, 0.05) is 50.8 Å². The number of rotatable bonds is 7. The smallest absolute Gasteiger partial charge is 0.228 e. The Morgan fingerprint density at radius 1 is 0.917 bits per heavy atom. The molecule has 190 valence electrons. The van der Waals surface area contributed by atoms with Crippen molar-refractivity contribution in [3.05, 3.63) is 64.8 Å². The molecule has 0 N–H and O–H groups in total. The molecular formula is C29H36N4O3. The molecule has 7 heteroatoms. The fourth-order valence-electron chi connectivity index (χ4n) is 4.94. The molecule has 0 bridgehead atoms. The normalized spacial score (nSPS) is 16.5. The van der Waals surface area contributed by atoms with Gasteiger partial charge in [0.15, 0.2) is 0 Å². The van der Waals surface area contributed by atoms with Crippen LogP contribution < -0.4 is 19.1 Å². The van der Waals surface area contributed by atoms with Crippen LogP contribution in [0.25, 0.3) is 0 Å². The van der Waals surface area contributed by atoms with Crippen molar-refractivity contribution in [2.75, 3.05) is 38.8 Å². The molecule has 3 heterocycles. The zero-order valence-corrected chi connectivity index (χ0v) is 21.8. The first kappa shape index (κ1) is 24.4. The fourth-order valence-corrected chi connectivity index (χ4v) is 4.94. The number of anilines is 1. The summed E-state index contributed by atoms with van der Waals surface area (Å²) in [7, 11) is 3.37. The number of fused-ring (bicyclic) bond motifs is 1. The summed E-state index contributed by atoms with van der Waals surface area (Å²) in [4.78, 5) is 14.7. The average Bonchev–Trinajstić information content (AvgIpc) is 2.90. The van der Waals surface area contributed by atoms with Crippen LogP contribution in [-0.2, 0) is 19.5 Å². The molecule has 3 aromatic rings. The first-order valence-corrected chi connectivity index (χ1v) is 12.8. The second kappa shape index (κ2) is 10.7. The van der Waals surface area contributed by atoms with E-state index in [0.717, 1.165) is 85.1 Å². The van der Waals surface area contributed by atoms with Gasteiger partial charge >= 0.3 is 0 Å². The van der Waals surface area contributed by atoms with Crippen molar-refractivity contribution in [1.29, 1.82) is 0 Å². The maximum Gasteiger partial charge on any atom is 0.228 e. The maximum absolute atomic E-state index is 6.41. The Balaban J connectivity index is 1.43. The Kier molecular flexibility index (Phi) is 7.28. The highest BCUT2D eigenvalue weighted by Crippen LogP contribution is 2.34. The molecule has 2 aromatic carbocycles. The Hall–Kier alpha value is -3.32. The second-order valence-electron chi connectivity index (χ2n) is 9.98. The van der Waals surface area contributed by atoms with Crippen molar-refractivity contribution in [2.45, 2.75) is 46.2 Å². The third-order valence-electron chi connectivity index (χ3n) is 7.28. The lowest BCUT2D eigenvalue weighted by molar-refractivity contribution is 0.234. The zero-order valence-electron chi connectivity index (χ0n) is 21.8. The second-order valence-corrected chi connectivity index (χ2v) is 9.98. The van der Waals surface area contributed by atoms with Crippen molar-refractivity contribution in [3.8, 4) is 23.1 Å². The first-order valence-electron chi connectivity index (χ1n) is 12.8. The summed E-state index contributed by atoms with van der Waals surface area (Å²) in [6, 6.07) is 14.2. The van der Waals surface area contributed by atoms with E-state index in [1.54, 1.807) is 14.2 Å². The van der Waals surface area contributed by atoms with Gasteiger partial charge in [0.2, 0.25) is 11.8 Å². The summed E-state index contributed by atoms with van der Waals surface area (Å²) in [6.45, 7) is 8.80. The van der Waals surface area contributed by atoms with E-state index < -0.39 is 0 Å². The van der Waals surface area contributed by atoms with Gasteiger partial charge in [-0.3, -0.25) is 4.90 Å². The predicted molar refractivity (Wildman–Crippen MR) is 141 cm³/mol. The van der Waals surface area contributed by atoms with Crippen LogP contribution >= 0.6 is 0 Å². The molecule has 7 nitrogen and oxygen atoms in total. The van der Waals surface area contributed by atoms with Crippen molar-refractivity contribution in [3.63, 3.8) is 0 Å². The highest BCUT2D eigenvalue weighted by Gasteiger charge is 2.27. The highest BCUT2D eigenvalue weighted by atomic mass is 16.5. The van der Waals surface area contributed by atoms with E-state index >= 15 is 0 Å². The number of benzene rings is 2. The Morgan fingerprint density at radius 2 is 1.67 bits per heavy atom. The van der Waals surface area contributed by atoms with E-state index in [0.29, 0.717) is 5.88 Å². The summed E-state index contributed by atoms with van der Waals surface area (Å²) in [6.07, 6.45) is 3.20. The average molecular weight is 489 g/mol. The van der Waals surface area contributed by atoms with E-state index in [1.807, 2.05) is 24.3 Å². The molecule has 0 amide bonds. The quantitative estimate of drug-likeness (QED) is 0.442. The molecule has 0 saturated carbocycles. The van der Waals surface area contributed by atoms with Crippen LogP contribution in [-0.4, -0.2) is 48.7 Å². The van der Waals surface area contributed by atoms with Crippen molar-refractivity contribution in [2.24, 2.45) is 5.92 Å². The standard InChI is InChI=1S/C29H36N4O3/c1-20-5-8-23(9-6-20)36-28-25-19-32(18-22-7-10-24(34-3)17-27(22)35-4)14-13-26(25)30-29(31-28)33-15-11-21(2)12-16-33/h5-10,17,21H,11-16,18-19H2,1-4H3. The number of aryl methyl sites for hydroxylation is 1. The topological polar surface area (TPSA) is 60.0 Å². The summed E-state index contributed by atoms with van der Waals surface area (Å²) in [5.41, 5.74) is 4.50. The lowest BCUT2D eigenvalue weighted by atomic mass is 9.99. The van der Waals surface area contributed by atoms with Gasteiger partial charge in [-0.15, -0.1) is 0 Å². The van der Waals surface area contributed by atoms with Crippen LogP contribution in [0.2, 0.25) is 0 Å². The fraction of sp³-hybridized carbons (Fsp3) is 0.448. The molecule has 2 aliphatic rings. The Labute approximate surface area is 214 Å². The predicted octanol–water partition coefficient (Wildman–Crippen LogP) is 5.39. The summed E-state index contributed by atoms with van der Waals surface area (Å²) < 4.78 is 17.4. The van der Waals surface area contributed by atoms with Crippen LogP contribution in [0.5, 0.6) is 23.1 Å². The lowest BCUT2D eigenvalue weighted by Gasteiger charge is -2.33. The monoisotopic (exact) mass is 488 g/mol. The van der Waals surface area contributed by atoms with Gasteiger partial charge in [0.05, 0.1) is 25.5 Å². The van der Waals surface area contributed by atoms with Crippen LogP contribution in [0.15, 0.2) is 42.5 Å². The molecule has 0 radical (unpaired) electrons. The van der Waals surface area contributed by atoms with Gasteiger partial charge in [-0.25, -0.2) is 4.98 Å². The summed E-state index contributed by atoms with van der Waals surface area (Å²) >= 11 is 0. The third kappa shape index (κ3) is 5.41. The van der Waals surface area contributed by atoms with Gasteiger partial charge in [-0.1, -0.05) is 30.7 Å². The van der Waals surface area contributed by atoms with Crippen molar-refractivity contribution in [1.82, 2.24) is 14.9 Å². The van der Waals surface area contributed by atoms with Crippen LogP contribution in [0.3, 0.4) is 0 Å². The number of ether oxygens (including phenoxy) is 3. The molecule has 2 aliphatic heterocycles. The van der Waals surface area contributed by atoms with E-state index in [-0.39, 0.29) is 0 Å². The minimum atomic E-state index is 0.670. The number of nitrogens with zero attached hydrogens (tertiary/aromatic N) is 4. The van der Waals surface area contributed by atoms with Gasteiger partial charge in [-0.05, 0) is 43.9 Å². The molecule has 5 rings (SSSR count). The van der Waals surface area contributed by atoms with E-state index in [2.05, 4.69) is 41.8 Å². The minimum absolute atomic E-state index is 0.670. The van der Waals surface area contributed by atoms with E-state index in [1.165, 1.54) is 18.4 Å². The Morgan fingerprint density at radius 3 is 2.39 bits per heavy atom. The molecule has 1 fully saturated rings. The van der Waals surface area contributed by atoms with Crippen LogP contribution in [0.4, 0.5) is 5.95 Å². The number of hydrogen-bond acceptors (Lipinski definition) is 7. The minimum Gasteiger partial charge on any atom is -0.497 e. The Bertz CT molecular complexity index is 1190. The molecule has 0 atom stereocenters. The number of methoxy groups -OCH3 is 2. The van der Waals surface area contributed by atoms with Gasteiger partial charge in [0.25, 0.3) is 0 Å². The number of aromatic nitrogens is 2. The molecule has 0 aliphatic carbocycles. The van der Waals surface area contributed by atoms with E-state index in [9.17, 15) is 0 Å². The molecule has 36 heavy (non-hydrogen) atoms. The van der Waals surface area contributed by atoms with Gasteiger partial charge < -0.3 is 19.1 Å². The number of hydrogen-bond donors (Lipinski definition) is 0. The van der Waals surface area contributed by atoms with Gasteiger partial charge in [0.1, 0.15) is 17.2 Å². The largest absolute Gasteiger partial charge is 0.497 e. The third-order valence-corrected chi connectivity index (χ3v) is 7.28. The SMILES string of the molecule is COc1ccc(CN2CCc3nc(N4CCC(C)CC4)nc(Oc4ccc(C)cc4)c3C2)c(OC)c1. The van der Waals surface area contributed by atoms with Crippen molar-refractivity contribution >= 4 is 5.95 Å². The van der Waals surface area contributed by atoms with E-state index in [4.69, 9.17) is 24.2 Å². The highest BCUT2D eigenvalue weighted by molar-refractivity contribution is 5.45. The molecule has 1 aromatic heterocycles. The molecule has 1 saturated heterocycles. The molecule has 0 spiro atoms. The number of piperidine rings is 1. The first-order chi connectivity index (χ1) is 17.5. The van der Waals surface area contributed by atoms with Crippen LogP contribution in [0, 0.1) is 12.8 Å². The summed E-state index contributed by atoms with van der Waals surface area (Å²) in [5.74, 6) is 4.65. The molecule has 0 unspecified atom stereocenters. The lowest BCUT2D eigenvalue weighted by Crippen LogP contribution is -2.36. The van der Waals surface area contributed by atoms with Crippen LogP contribution in [0.1, 0.15) is 42.1 Å². The summed E-state index contributed by atoms with van der Waals surface area (Å²) in [5, 5.41) is 0. The van der Waals surface area contributed by atoms with Gasteiger partial charge in [-0.2, -0.15) is 4.98 Å².